The quantitative estimate of drug-likeness (QED) is 0.547. The van der Waals surface area contributed by atoms with E-state index >= 15 is 0 Å². The Kier molecular flexibility index (Phi) is 2.97. The molecule has 0 atom stereocenters. The van der Waals surface area contributed by atoms with Crippen molar-refractivity contribution in [3.63, 3.8) is 0 Å². The van der Waals surface area contributed by atoms with Crippen LogP contribution in [0, 0.1) is 0 Å². The molecule has 0 nitrogen and oxygen atoms in total. The van der Waals surface area contributed by atoms with Crippen LogP contribution < -0.4 is 0 Å². The highest BCUT2D eigenvalue weighted by Crippen LogP contribution is 2.27. The molecule has 0 heterocycles. The molecule has 0 saturated heterocycles. The van der Waals surface area contributed by atoms with E-state index in [9.17, 15) is 0 Å². The standard InChI is InChI=1S/C5H11BBr/c1-4-5(2,3)6-7/h4H2,1-3H3. The van der Waals surface area contributed by atoms with Gasteiger partial charge in [0, 0.05) is 0 Å². The van der Waals surface area contributed by atoms with E-state index in [-0.39, 0.29) is 0 Å². The van der Waals surface area contributed by atoms with Crippen molar-refractivity contribution in [2.45, 2.75) is 32.5 Å². The second kappa shape index (κ2) is 2.76. The van der Waals surface area contributed by atoms with E-state index in [0.717, 1.165) is 0 Å². The van der Waals surface area contributed by atoms with E-state index in [4.69, 9.17) is 0 Å². The summed E-state index contributed by atoms with van der Waals surface area (Å²) in [7, 11) is 0. The minimum absolute atomic E-state index is 0.375. The first-order chi connectivity index (χ1) is 3.12. The fraction of sp³-hybridized carbons (Fsp3) is 1.00. The molecule has 1 radical (unpaired) electrons. The Balaban J connectivity index is 3.36. The van der Waals surface area contributed by atoms with Crippen molar-refractivity contribution < 1.29 is 0 Å². The molecule has 2 heteroatoms. The molecule has 0 rings (SSSR count). The summed E-state index contributed by atoms with van der Waals surface area (Å²) in [6.07, 6.45) is 3.25. The predicted octanol–water partition coefficient (Wildman–Crippen LogP) is 2.61. The molecule has 0 aliphatic heterocycles. The van der Waals surface area contributed by atoms with Gasteiger partial charge >= 0.3 is 0 Å². The molecule has 0 spiro atoms. The monoisotopic (exact) mass is 161 g/mol. The van der Waals surface area contributed by atoms with Crippen molar-refractivity contribution in [2.24, 2.45) is 0 Å². The average Bonchev–Trinajstić information content (AvgIpc) is 1.68. The van der Waals surface area contributed by atoms with E-state index in [1.54, 1.807) is 0 Å². The smallest absolute Gasteiger partial charge is 0.165 e. The van der Waals surface area contributed by atoms with Crippen LogP contribution in [0.3, 0.4) is 0 Å². The highest BCUT2D eigenvalue weighted by Gasteiger charge is 2.13. The van der Waals surface area contributed by atoms with Crippen LogP contribution in [-0.4, -0.2) is 6.10 Å². The predicted molar refractivity (Wildman–Crippen MR) is 39.0 cm³/mol. The van der Waals surface area contributed by atoms with Crippen LogP contribution in [0.25, 0.3) is 0 Å². The molecule has 0 unspecified atom stereocenters. The van der Waals surface area contributed by atoms with E-state index in [0.29, 0.717) is 5.31 Å². The Morgan fingerprint density at radius 3 is 2.00 bits per heavy atom. The summed E-state index contributed by atoms with van der Waals surface area (Å²) in [5.74, 6) is 0. The van der Waals surface area contributed by atoms with Crippen LogP contribution in [0.2, 0.25) is 5.31 Å². The lowest BCUT2D eigenvalue weighted by Crippen LogP contribution is -2.04. The highest BCUT2D eigenvalue weighted by molar-refractivity contribution is 9.23. The van der Waals surface area contributed by atoms with Crippen molar-refractivity contribution in [1.82, 2.24) is 0 Å². The van der Waals surface area contributed by atoms with Gasteiger partial charge in [-0.1, -0.05) is 32.5 Å². The van der Waals surface area contributed by atoms with Crippen LogP contribution in [0.5, 0.6) is 0 Å². The van der Waals surface area contributed by atoms with Gasteiger partial charge in [-0.15, -0.1) is 0 Å². The number of halogens is 1. The molecule has 0 aromatic rings. The van der Waals surface area contributed by atoms with Crippen molar-refractivity contribution in [3.8, 4) is 0 Å². The third-order valence-electron chi connectivity index (χ3n) is 1.21. The van der Waals surface area contributed by atoms with Crippen molar-refractivity contribution in [1.29, 1.82) is 0 Å². The molecule has 0 N–H and O–H groups in total. The Morgan fingerprint density at radius 2 is 2.00 bits per heavy atom. The van der Waals surface area contributed by atoms with Crippen molar-refractivity contribution in [2.75, 3.05) is 0 Å². The number of hydrogen-bond donors (Lipinski definition) is 0. The van der Waals surface area contributed by atoms with Gasteiger partial charge in [0.05, 0.1) is 0 Å². The molecule has 0 fully saturated rings. The first-order valence-corrected chi connectivity index (χ1v) is 3.48. The molecule has 0 bridgehead atoms. The Bertz CT molecular complexity index is 46.0. The molecular formula is C5H11BBr. The van der Waals surface area contributed by atoms with E-state index in [1.807, 2.05) is 0 Å². The Hall–Kier alpha value is 0.545. The average molecular weight is 162 g/mol. The largest absolute Gasteiger partial charge is 0.212 e. The van der Waals surface area contributed by atoms with E-state index < -0.39 is 0 Å². The summed E-state index contributed by atoms with van der Waals surface area (Å²) >= 11 is 3.31. The minimum atomic E-state index is 0.375. The summed E-state index contributed by atoms with van der Waals surface area (Å²) in [5, 5.41) is 0.375. The number of hydrogen-bond acceptors (Lipinski definition) is 0. The molecule has 0 aliphatic carbocycles. The molecule has 7 heavy (non-hydrogen) atoms. The molecule has 0 amide bonds. The van der Waals surface area contributed by atoms with E-state index in [1.165, 1.54) is 6.42 Å². The molecule has 41 valence electrons. The van der Waals surface area contributed by atoms with Gasteiger partial charge in [0.25, 0.3) is 0 Å². The zero-order valence-electron chi connectivity index (χ0n) is 5.16. The fourth-order valence-corrected chi connectivity index (χ4v) is 0.401. The third-order valence-corrected chi connectivity index (χ3v) is 2.45. The molecule has 0 aromatic heterocycles. The van der Waals surface area contributed by atoms with Crippen LogP contribution in [0.1, 0.15) is 27.2 Å². The summed E-state index contributed by atoms with van der Waals surface area (Å²) in [6, 6.07) is 0. The lowest BCUT2D eigenvalue weighted by molar-refractivity contribution is 0.652. The van der Waals surface area contributed by atoms with Crippen molar-refractivity contribution in [3.05, 3.63) is 0 Å². The number of rotatable bonds is 2. The van der Waals surface area contributed by atoms with E-state index in [2.05, 4.69) is 42.6 Å². The maximum Gasteiger partial charge on any atom is 0.212 e. The lowest BCUT2D eigenvalue weighted by Gasteiger charge is -2.16. The second-order valence-corrected chi connectivity index (χ2v) is 2.91. The summed E-state index contributed by atoms with van der Waals surface area (Å²) in [4.78, 5) is 0. The third kappa shape index (κ3) is 3.16. The molecule has 0 saturated carbocycles. The molecule has 0 aromatic carbocycles. The first kappa shape index (κ1) is 7.54. The molecule has 0 aliphatic rings. The maximum absolute atomic E-state index is 3.31. The first-order valence-electron chi connectivity index (χ1n) is 2.57. The van der Waals surface area contributed by atoms with Crippen LogP contribution >= 0.6 is 15.8 Å². The minimum Gasteiger partial charge on any atom is -0.165 e. The second-order valence-electron chi connectivity index (χ2n) is 2.45. The normalized spacial score (nSPS) is 11.4. The van der Waals surface area contributed by atoms with Crippen LogP contribution in [0.4, 0.5) is 0 Å². The van der Waals surface area contributed by atoms with Gasteiger partial charge in [-0.25, -0.2) is 0 Å². The topological polar surface area (TPSA) is 0 Å². The SMILES string of the molecule is CCC(C)(C)[B]Br. The van der Waals surface area contributed by atoms with Gasteiger partial charge in [-0.3, -0.25) is 0 Å². The summed E-state index contributed by atoms with van der Waals surface area (Å²) in [6.45, 7) is 6.57. The fourth-order valence-electron chi connectivity index (χ4n) is 0.0772. The van der Waals surface area contributed by atoms with Gasteiger partial charge < -0.3 is 0 Å². The van der Waals surface area contributed by atoms with Crippen LogP contribution in [-0.2, 0) is 0 Å². The van der Waals surface area contributed by atoms with Gasteiger partial charge in [-0.05, 0) is 0 Å². The van der Waals surface area contributed by atoms with Gasteiger partial charge in [-0.2, -0.15) is 15.8 Å². The zero-order valence-corrected chi connectivity index (χ0v) is 6.75. The van der Waals surface area contributed by atoms with Gasteiger partial charge in [0.15, 0.2) is 0 Å². The molecular weight excluding hydrogens is 151 g/mol. The Morgan fingerprint density at radius 1 is 1.57 bits per heavy atom. The van der Waals surface area contributed by atoms with Gasteiger partial charge in [0.1, 0.15) is 0 Å². The summed E-state index contributed by atoms with van der Waals surface area (Å²) in [5.41, 5.74) is 0. The van der Waals surface area contributed by atoms with Gasteiger partial charge in [0.2, 0.25) is 6.10 Å². The van der Waals surface area contributed by atoms with Crippen LogP contribution in [0.15, 0.2) is 0 Å². The highest BCUT2D eigenvalue weighted by atomic mass is 79.9. The zero-order chi connectivity index (χ0) is 5.91. The Labute approximate surface area is 54.9 Å². The summed E-state index contributed by atoms with van der Waals surface area (Å²) < 4.78 is 0. The maximum atomic E-state index is 3.31. The van der Waals surface area contributed by atoms with Crippen molar-refractivity contribution >= 4 is 21.9 Å². The lowest BCUT2D eigenvalue weighted by atomic mass is 9.70.